The Kier molecular flexibility index (Phi) is 11.5. The van der Waals surface area contributed by atoms with E-state index in [-0.39, 0.29) is 12.2 Å². The minimum atomic E-state index is -5.08. The Labute approximate surface area is 217 Å². The maximum absolute atomic E-state index is 10.6. The zero-order valence-electron chi connectivity index (χ0n) is 20.0. The van der Waals surface area contributed by atoms with Gasteiger partial charge in [0.1, 0.15) is 6.10 Å². The van der Waals surface area contributed by atoms with Crippen LogP contribution in [0.2, 0.25) is 0 Å². The number of fused-ring (bicyclic) bond motifs is 1. The first-order valence-electron chi connectivity index (χ1n) is 11.2. The van der Waals surface area contributed by atoms with Crippen molar-refractivity contribution in [2.24, 2.45) is 0 Å². The van der Waals surface area contributed by atoms with Crippen molar-refractivity contribution in [1.82, 2.24) is 9.88 Å². The number of aromatic nitrogens is 1. The van der Waals surface area contributed by atoms with Crippen LogP contribution >= 0.6 is 11.3 Å². The van der Waals surface area contributed by atoms with Crippen molar-refractivity contribution < 1.29 is 55.6 Å². The van der Waals surface area contributed by atoms with Crippen LogP contribution in [0.3, 0.4) is 0 Å². The highest BCUT2D eigenvalue weighted by atomic mass is 32.1. The number of aliphatic carboxylic acids is 2. The van der Waals surface area contributed by atoms with E-state index >= 15 is 0 Å². The Morgan fingerprint density at radius 2 is 1.76 bits per heavy atom. The van der Waals surface area contributed by atoms with Crippen molar-refractivity contribution in [3.63, 3.8) is 0 Å². The number of rotatable bonds is 5. The molecular formula is C23H26F6N2O6S. The maximum atomic E-state index is 10.6. The number of carboxylic acids is 2. The highest BCUT2D eigenvalue weighted by Gasteiger charge is 2.44. The number of carbonyl (C=O) groups is 2. The predicted molar refractivity (Wildman–Crippen MR) is 122 cm³/mol. The van der Waals surface area contributed by atoms with Gasteiger partial charge in [0.15, 0.2) is 0 Å². The summed E-state index contributed by atoms with van der Waals surface area (Å²) in [6.07, 6.45) is -3.78. The lowest BCUT2D eigenvalue weighted by Gasteiger charge is -2.32. The van der Waals surface area contributed by atoms with Crippen LogP contribution in [0.25, 0.3) is 0 Å². The third-order valence-corrected chi connectivity index (χ3v) is 6.40. The fourth-order valence-electron chi connectivity index (χ4n) is 3.79. The topological polar surface area (TPSA) is 109 Å². The summed E-state index contributed by atoms with van der Waals surface area (Å²) in [7, 11) is 0. The predicted octanol–water partition coefficient (Wildman–Crippen LogP) is 4.67. The van der Waals surface area contributed by atoms with E-state index in [2.05, 4.69) is 35.0 Å². The van der Waals surface area contributed by atoms with Gasteiger partial charge in [-0.05, 0) is 43.5 Å². The Morgan fingerprint density at radius 1 is 1.13 bits per heavy atom. The van der Waals surface area contributed by atoms with Crippen molar-refractivity contribution in [3.8, 4) is 0 Å². The summed E-state index contributed by atoms with van der Waals surface area (Å²) >= 11 is 1.89. The molecule has 4 heterocycles. The summed E-state index contributed by atoms with van der Waals surface area (Å²) in [5, 5.41) is 14.2. The fourth-order valence-corrected chi connectivity index (χ4v) is 4.71. The molecule has 0 unspecified atom stereocenters. The first-order valence-corrected chi connectivity index (χ1v) is 12.0. The minimum absolute atomic E-state index is 0.150. The number of alkyl halides is 6. The molecule has 2 aromatic rings. The van der Waals surface area contributed by atoms with E-state index < -0.39 is 24.3 Å². The Bertz CT molecular complexity index is 1010. The van der Waals surface area contributed by atoms with Crippen LogP contribution in [-0.4, -0.2) is 75.8 Å². The van der Waals surface area contributed by atoms with Gasteiger partial charge >= 0.3 is 24.3 Å². The molecule has 2 fully saturated rings. The molecule has 0 aromatic carbocycles. The molecule has 38 heavy (non-hydrogen) atoms. The number of hydrogen-bond donors (Lipinski definition) is 2. The first-order chi connectivity index (χ1) is 17.7. The van der Waals surface area contributed by atoms with E-state index in [9.17, 15) is 26.3 Å². The van der Waals surface area contributed by atoms with E-state index in [0.717, 1.165) is 31.7 Å². The molecule has 2 saturated heterocycles. The van der Waals surface area contributed by atoms with Crippen molar-refractivity contribution in [2.45, 2.75) is 63.5 Å². The molecule has 3 atom stereocenters. The molecule has 8 nitrogen and oxygen atoms in total. The van der Waals surface area contributed by atoms with E-state index in [4.69, 9.17) is 29.3 Å². The second-order valence-electron chi connectivity index (χ2n) is 8.30. The molecule has 0 radical (unpaired) electrons. The number of nitrogens with zero attached hydrogens (tertiary/aromatic N) is 2. The van der Waals surface area contributed by atoms with Crippen molar-refractivity contribution >= 4 is 23.3 Å². The number of ether oxygens (including phenoxy) is 2. The normalized spacial score (nSPS) is 21.4. The number of aryl methyl sites for hydroxylation is 1. The number of likely N-dealkylation sites (tertiary alicyclic amines) is 1. The smallest absolute Gasteiger partial charge is 0.475 e. The van der Waals surface area contributed by atoms with Crippen LogP contribution in [-0.2, 0) is 32.2 Å². The van der Waals surface area contributed by atoms with Crippen molar-refractivity contribution in [3.05, 3.63) is 52.0 Å². The minimum Gasteiger partial charge on any atom is -0.475 e. The van der Waals surface area contributed by atoms with Crippen LogP contribution in [0.5, 0.6) is 0 Å². The zero-order valence-corrected chi connectivity index (χ0v) is 20.9. The van der Waals surface area contributed by atoms with Gasteiger partial charge in [-0.25, -0.2) is 9.59 Å². The number of pyridine rings is 1. The van der Waals surface area contributed by atoms with Gasteiger partial charge in [-0.15, -0.1) is 11.3 Å². The molecule has 0 bridgehead atoms. The highest BCUT2D eigenvalue weighted by molar-refractivity contribution is 7.11. The van der Waals surface area contributed by atoms with E-state index in [1.165, 1.54) is 16.2 Å². The second kappa shape index (κ2) is 13.9. The first kappa shape index (κ1) is 31.5. The molecule has 0 amide bonds. The fraction of sp³-hybridized carbons (Fsp3) is 0.522. The third kappa shape index (κ3) is 10.2. The van der Waals surface area contributed by atoms with Gasteiger partial charge in [0.2, 0.25) is 0 Å². The molecule has 15 heteroatoms. The summed E-state index contributed by atoms with van der Waals surface area (Å²) in [5.74, 6) is -5.51. The number of halogens is 6. The van der Waals surface area contributed by atoms with Gasteiger partial charge in [0.25, 0.3) is 0 Å². The van der Waals surface area contributed by atoms with Gasteiger partial charge in [-0.3, -0.25) is 9.88 Å². The van der Waals surface area contributed by atoms with Gasteiger partial charge in [0, 0.05) is 47.9 Å². The summed E-state index contributed by atoms with van der Waals surface area (Å²) in [5.41, 5.74) is 1.12. The standard InChI is InChI=1S/C19H24N2O2S.2C2HF3O2/c1-14-6-7-16(24-14)11-21-12-18(19-17(21)5-3-9-22-19)23-13-15-4-2-8-20-10-15;2*3-2(4,5)1(6)7/h2,4,6-8,10,17-19H,3,5,9,11-13H2,1H3;2*(H,6,7)/t17-,18+,19-;;/m0../s1. The molecule has 212 valence electrons. The molecule has 2 aromatic heterocycles. The Morgan fingerprint density at radius 3 is 2.26 bits per heavy atom. The van der Waals surface area contributed by atoms with Gasteiger partial charge < -0.3 is 19.7 Å². The van der Waals surface area contributed by atoms with Crippen LogP contribution in [0.4, 0.5) is 26.3 Å². The molecule has 2 N–H and O–H groups in total. The average Bonchev–Trinajstić information content (AvgIpc) is 3.41. The Hall–Kier alpha value is -2.75. The monoisotopic (exact) mass is 572 g/mol. The van der Waals surface area contributed by atoms with Crippen LogP contribution in [0, 0.1) is 6.92 Å². The molecule has 0 spiro atoms. The molecular weight excluding hydrogens is 546 g/mol. The second-order valence-corrected chi connectivity index (χ2v) is 9.68. The summed E-state index contributed by atoms with van der Waals surface area (Å²) in [6.45, 7) is 5.60. The molecule has 0 saturated carbocycles. The van der Waals surface area contributed by atoms with E-state index in [0.29, 0.717) is 12.6 Å². The Balaban J connectivity index is 0.000000301. The van der Waals surface area contributed by atoms with Crippen LogP contribution in [0.1, 0.15) is 28.2 Å². The molecule has 2 aliphatic heterocycles. The van der Waals surface area contributed by atoms with E-state index in [1.807, 2.05) is 23.6 Å². The van der Waals surface area contributed by atoms with Gasteiger partial charge in [-0.2, -0.15) is 26.3 Å². The van der Waals surface area contributed by atoms with Crippen LogP contribution < -0.4 is 0 Å². The SMILES string of the molecule is Cc1ccc(CN2C[C@@H](OCc3cccnc3)[C@H]3OCCC[C@@H]32)s1.O=C(O)C(F)(F)F.O=C(O)C(F)(F)F. The average molecular weight is 573 g/mol. The summed E-state index contributed by atoms with van der Waals surface area (Å²) in [6, 6.07) is 8.97. The molecule has 4 rings (SSSR count). The lowest BCUT2D eigenvalue weighted by molar-refractivity contribution is -0.193. The summed E-state index contributed by atoms with van der Waals surface area (Å²) < 4.78 is 75.8. The zero-order chi connectivity index (χ0) is 28.5. The largest absolute Gasteiger partial charge is 0.490 e. The van der Waals surface area contributed by atoms with Crippen LogP contribution in [0.15, 0.2) is 36.7 Å². The molecule has 2 aliphatic rings. The third-order valence-electron chi connectivity index (χ3n) is 5.41. The lowest BCUT2D eigenvalue weighted by Crippen LogP contribution is -2.41. The van der Waals surface area contributed by atoms with Crippen molar-refractivity contribution in [2.75, 3.05) is 13.2 Å². The number of carboxylic acid groups (broad SMARTS) is 2. The molecule has 0 aliphatic carbocycles. The van der Waals surface area contributed by atoms with Gasteiger partial charge in [-0.1, -0.05) is 6.07 Å². The van der Waals surface area contributed by atoms with Crippen molar-refractivity contribution in [1.29, 1.82) is 0 Å². The quantitative estimate of drug-likeness (QED) is 0.498. The maximum Gasteiger partial charge on any atom is 0.490 e. The number of hydrogen-bond acceptors (Lipinski definition) is 7. The highest BCUT2D eigenvalue weighted by Crippen LogP contribution is 2.33. The van der Waals surface area contributed by atoms with E-state index in [1.54, 1.807) is 6.20 Å². The summed E-state index contributed by atoms with van der Waals surface area (Å²) in [4.78, 5) is 27.3. The van der Waals surface area contributed by atoms with Gasteiger partial charge in [0.05, 0.1) is 12.7 Å². The lowest BCUT2D eigenvalue weighted by atomic mass is 10.0. The number of thiophene rings is 1.